The van der Waals surface area contributed by atoms with Crippen molar-refractivity contribution in [1.29, 1.82) is 0 Å². The molecular formula is C14H18O3. The van der Waals surface area contributed by atoms with Gasteiger partial charge in [-0.25, -0.2) is 0 Å². The Hall–Kier alpha value is -1.09. The summed E-state index contributed by atoms with van der Waals surface area (Å²) in [6.45, 7) is 4.02. The molecule has 1 saturated heterocycles. The molecule has 3 rings (SSSR count). The number of rotatable bonds is 3. The molecule has 0 aromatic carbocycles. The third kappa shape index (κ3) is 1.35. The lowest BCUT2D eigenvalue weighted by molar-refractivity contribution is -0.148. The van der Waals surface area contributed by atoms with Gasteiger partial charge in [0.05, 0.1) is 18.1 Å². The van der Waals surface area contributed by atoms with Gasteiger partial charge in [-0.2, -0.15) is 0 Å². The molecule has 2 aliphatic carbocycles. The minimum atomic E-state index is -0.508. The van der Waals surface area contributed by atoms with Crippen LogP contribution in [-0.4, -0.2) is 23.8 Å². The second-order valence-electron chi connectivity index (χ2n) is 5.53. The maximum atomic E-state index is 12.1. The van der Waals surface area contributed by atoms with E-state index in [4.69, 9.17) is 4.74 Å². The first-order valence-corrected chi connectivity index (χ1v) is 6.33. The number of ether oxygens (including phenoxy) is 1. The Kier molecular flexibility index (Phi) is 2.40. The maximum Gasteiger partial charge on any atom is 0.313 e. The zero-order valence-electron chi connectivity index (χ0n) is 9.84. The van der Waals surface area contributed by atoms with Gasteiger partial charge < -0.3 is 9.84 Å². The number of hydrogen-bond donors (Lipinski definition) is 1. The van der Waals surface area contributed by atoms with Crippen molar-refractivity contribution >= 4 is 5.97 Å². The number of cyclic esters (lactones) is 1. The quantitative estimate of drug-likeness (QED) is 0.597. The summed E-state index contributed by atoms with van der Waals surface area (Å²) in [4.78, 5) is 12.1. The standard InChI is InChI=1S/C14H18O3/c1-2-3-12(15)11-8-17-13(16)14(11)7-9-4-5-10(14)6-9/h2,4-5,9-12,15H,1,3,6-8H2/t9-,10+,11+,12?,14+/m0/s1. The molecule has 1 spiro atoms. The molecule has 0 radical (unpaired) electrons. The van der Waals surface area contributed by atoms with E-state index >= 15 is 0 Å². The first-order chi connectivity index (χ1) is 8.18. The van der Waals surface area contributed by atoms with E-state index in [0.717, 1.165) is 12.8 Å². The normalized spacial score (nSPS) is 44.3. The fourth-order valence-corrected chi connectivity index (χ4v) is 3.94. The summed E-state index contributed by atoms with van der Waals surface area (Å²) in [5.74, 6) is 0.617. The third-order valence-electron chi connectivity index (χ3n) is 4.74. The second-order valence-corrected chi connectivity index (χ2v) is 5.53. The molecule has 3 heteroatoms. The van der Waals surface area contributed by atoms with Crippen LogP contribution in [0.4, 0.5) is 0 Å². The summed E-state index contributed by atoms with van der Waals surface area (Å²) in [6, 6.07) is 0. The highest BCUT2D eigenvalue weighted by Gasteiger charge is 2.63. The average molecular weight is 234 g/mol. The highest BCUT2D eigenvalue weighted by Crippen LogP contribution is 2.59. The second kappa shape index (κ2) is 3.70. The number of carbonyl (C=O) groups excluding carboxylic acids is 1. The van der Waals surface area contributed by atoms with Gasteiger partial charge in [0.25, 0.3) is 0 Å². The smallest absolute Gasteiger partial charge is 0.313 e. The number of esters is 1. The minimum absolute atomic E-state index is 0.0621. The first kappa shape index (κ1) is 11.0. The Morgan fingerprint density at radius 1 is 1.65 bits per heavy atom. The van der Waals surface area contributed by atoms with E-state index in [1.54, 1.807) is 6.08 Å². The van der Waals surface area contributed by atoms with Crippen molar-refractivity contribution in [3.05, 3.63) is 24.8 Å². The van der Waals surface area contributed by atoms with Gasteiger partial charge in [-0.1, -0.05) is 18.2 Å². The highest BCUT2D eigenvalue weighted by molar-refractivity contribution is 5.81. The lowest BCUT2D eigenvalue weighted by Crippen LogP contribution is -2.42. The first-order valence-electron chi connectivity index (χ1n) is 6.33. The number of aliphatic hydroxyl groups excluding tert-OH is 1. The molecule has 1 saturated carbocycles. The zero-order chi connectivity index (χ0) is 12.0. The minimum Gasteiger partial charge on any atom is -0.465 e. The van der Waals surface area contributed by atoms with Crippen LogP contribution in [0.1, 0.15) is 19.3 Å². The average Bonchev–Trinajstić information content (AvgIpc) is 2.96. The summed E-state index contributed by atoms with van der Waals surface area (Å²) >= 11 is 0. The van der Waals surface area contributed by atoms with Gasteiger partial charge in [0, 0.05) is 5.92 Å². The molecule has 1 heterocycles. The van der Waals surface area contributed by atoms with Crippen molar-refractivity contribution < 1.29 is 14.6 Å². The summed E-state index contributed by atoms with van der Waals surface area (Å²) in [5, 5.41) is 10.2. The van der Waals surface area contributed by atoms with E-state index in [0.29, 0.717) is 18.9 Å². The van der Waals surface area contributed by atoms with Crippen molar-refractivity contribution in [2.75, 3.05) is 6.61 Å². The number of hydrogen-bond acceptors (Lipinski definition) is 3. The van der Waals surface area contributed by atoms with Crippen LogP contribution in [0.5, 0.6) is 0 Å². The Bertz CT molecular complexity index is 387. The van der Waals surface area contributed by atoms with E-state index in [2.05, 4.69) is 18.7 Å². The molecule has 3 nitrogen and oxygen atoms in total. The molecule has 3 aliphatic rings. The van der Waals surface area contributed by atoms with E-state index in [9.17, 15) is 9.90 Å². The Morgan fingerprint density at radius 2 is 2.47 bits per heavy atom. The van der Waals surface area contributed by atoms with E-state index in [-0.39, 0.29) is 17.8 Å². The Morgan fingerprint density at radius 3 is 3.06 bits per heavy atom. The van der Waals surface area contributed by atoms with Crippen LogP contribution in [0.2, 0.25) is 0 Å². The van der Waals surface area contributed by atoms with Crippen LogP contribution in [0, 0.1) is 23.2 Å². The monoisotopic (exact) mass is 234 g/mol. The maximum absolute atomic E-state index is 12.1. The van der Waals surface area contributed by atoms with E-state index in [1.165, 1.54) is 0 Å². The van der Waals surface area contributed by atoms with Crippen molar-refractivity contribution in [2.24, 2.45) is 23.2 Å². The largest absolute Gasteiger partial charge is 0.465 e. The summed E-state index contributed by atoms with van der Waals surface area (Å²) in [6.07, 6.45) is 7.99. The topological polar surface area (TPSA) is 46.5 Å². The van der Waals surface area contributed by atoms with Gasteiger partial charge in [0.1, 0.15) is 0 Å². The molecule has 1 N–H and O–H groups in total. The van der Waals surface area contributed by atoms with Crippen molar-refractivity contribution in [2.45, 2.75) is 25.4 Å². The molecule has 0 aromatic heterocycles. The highest BCUT2D eigenvalue weighted by atomic mass is 16.5. The molecular weight excluding hydrogens is 216 g/mol. The molecule has 2 fully saturated rings. The van der Waals surface area contributed by atoms with Gasteiger partial charge in [0.15, 0.2) is 0 Å². The molecule has 0 aromatic rings. The molecule has 0 amide bonds. The molecule has 92 valence electrons. The summed E-state index contributed by atoms with van der Waals surface area (Å²) in [5.41, 5.74) is -0.443. The fraction of sp³-hybridized carbons (Fsp3) is 0.643. The number of fused-ring (bicyclic) bond motifs is 3. The zero-order valence-corrected chi connectivity index (χ0v) is 9.84. The van der Waals surface area contributed by atoms with Gasteiger partial charge in [0.2, 0.25) is 0 Å². The molecule has 1 unspecified atom stereocenters. The van der Waals surface area contributed by atoms with Crippen LogP contribution in [-0.2, 0) is 9.53 Å². The van der Waals surface area contributed by atoms with Crippen LogP contribution in [0.25, 0.3) is 0 Å². The predicted octanol–water partition coefficient (Wildman–Crippen LogP) is 1.68. The van der Waals surface area contributed by atoms with Crippen LogP contribution in [0.3, 0.4) is 0 Å². The van der Waals surface area contributed by atoms with E-state index in [1.807, 2.05) is 0 Å². The Balaban J connectivity index is 1.92. The van der Waals surface area contributed by atoms with Gasteiger partial charge >= 0.3 is 5.97 Å². The fourth-order valence-electron chi connectivity index (χ4n) is 3.94. The molecule has 5 atom stereocenters. The van der Waals surface area contributed by atoms with Gasteiger partial charge in [-0.05, 0) is 31.1 Å². The third-order valence-corrected chi connectivity index (χ3v) is 4.74. The Labute approximate surface area is 101 Å². The number of allylic oxidation sites excluding steroid dienone is 2. The lowest BCUT2D eigenvalue weighted by Gasteiger charge is -2.34. The van der Waals surface area contributed by atoms with Crippen LogP contribution >= 0.6 is 0 Å². The van der Waals surface area contributed by atoms with Crippen molar-refractivity contribution in [1.82, 2.24) is 0 Å². The SMILES string of the molecule is C=CCC(O)[C@H]1COC(=O)[C@@]12C[C@H]1C=C[C@@H]2C1. The van der Waals surface area contributed by atoms with Crippen LogP contribution < -0.4 is 0 Å². The summed E-state index contributed by atoms with van der Waals surface area (Å²) in [7, 11) is 0. The summed E-state index contributed by atoms with van der Waals surface area (Å²) < 4.78 is 5.26. The molecule has 2 bridgehead atoms. The van der Waals surface area contributed by atoms with E-state index < -0.39 is 11.5 Å². The molecule has 17 heavy (non-hydrogen) atoms. The predicted molar refractivity (Wildman–Crippen MR) is 63.1 cm³/mol. The molecule has 1 aliphatic heterocycles. The van der Waals surface area contributed by atoms with Gasteiger partial charge in [-0.3, -0.25) is 4.79 Å². The number of aliphatic hydroxyl groups is 1. The lowest BCUT2D eigenvalue weighted by atomic mass is 9.66. The van der Waals surface area contributed by atoms with Crippen molar-refractivity contribution in [3.8, 4) is 0 Å². The van der Waals surface area contributed by atoms with Gasteiger partial charge in [-0.15, -0.1) is 6.58 Å². The number of carbonyl (C=O) groups is 1. The van der Waals surface area contributed by atoms with Crippen molar-refractivity contribution in [3.63, 3.8) is 0 Å². The van der Waals surface area contributed by atoms with Crippen LogP contribution in [0.15, 0.2) is 24.8 Å².